The highest BCUT2D eigenvalue weighted by atomic mass is 32.2. The first-order valence-electron chi connectivity index (χ1n) is 7.52. The molecule has 0 aliphatic rings. The third kappa shape index (κ3) is 6.03. The van der Waals surface area contributed by atoms with E-state index in [4.69, 9.17) is 5.11 Å². The Balaban J connectivity index is 1.92. The molecule has 0 bridgehead atoms. The molecule has 25 heavy (non-hydrogen) atoms. The molecule has 1 aromatic heterocycles. The molecular formula is C16H18N4O4S. The third-order valence-corrected chi connectivity index (χ3v) is 4.03. The summed E-state index contributed by atoms with van der Waals surface area (Å²) in [4.78, 5) is 36.8. The van der Waals surface area contributed by atoms with E-state index in [1.807, 2.05) is 32.0 Å². The average molecular weight is 362 g/mol. The summed E-state index contributed by atoms with van der Waals surface area (Å²) in [5, 5.41) is 19.1. The van der Waals surface area contributed by atoms with Crippen molar-refractivity contribution >= 4 is 29.3 Å². The Bertz CT molecular complexity index is 830. The van der Waals surface area contributed by atoms with Gasteiger partial charge in [-0.3, -0.25) is 19.4 Å². The first-order chi connectivity index (χ1) is 11.8. The van der Waals surface area contributed by atoms with Gasteiger partial charge in [-0.25, -0.2) is 0 Å². The van der Waals surface area contributed by atoms with Gasteiger partial charge in [0.2, 0.25) is 5.91 Å². The molecule has 1 heterocycles. The van der Waals surface area contributed by atoms with Crippen molar-refractivity contribution in [2.75, 3.05) is 11.1 Å². The van der Waals surface area contributed by atoms with Crippen LogP contribution in [0.25, 0.3) is 0 Å². The smallest absolute Gasteiger partial charge is 0.303 e. The number of rotatable bonds is 7. The maximum Gasteiger partial charge on any atom is 0.303 e. The van der Waals surface area contributed by atoms with Gasteiger partial charge in [-0.1, -0.05) is 17.8 Å². The minimum Gasteiger partial charge on any atom is -0.481 e. The Labute approximate surface area is 148 Å². The summed E-state index contributed by atoms with van der Waals surface area (Å²) in [6, 6.07) is 5.75. The van der Waals surface area contributed by atoms with Crippen molar-refractivity contribution in [3.63, 3.8) is 0 Å². The molecule has 0 unspecified atom stereocenters. The van der Waals surface area contributed by atoms with E-state index >= 15 is 0 Å². The number of aromatic amines is 1. The standard InChI is InChI=1S/C16H18N4O4S/c1-9-5-10(2)7-11(6-9)17-13(21)8-25-16-18-15(24)12(19-20-16)3-4-14(22)23/h5-7H,3-4,8H2,1-2H3,(H,17,21)(H,22,23)(H,18,20,24). The number of carboxylic acids is 1. The van der Waals surface area contributed by atoms with E-state index in [9.17, 15) is 14.4 Å². The zero-order valence-corrected chi connectivity index (χ0v) is 14.6. The molecule has 0 aliphatic heterocycles. The van der Waals surface area contributed by atoms with Crippen LogP contribution in [0.2, 0.25) is 0 Å². The zero-order valence-electron chi connectivity index (χ0n) is 13.8. The fraction of sp³-hybridized carbons (Fsp3) is 0.312. The molecule has 132 valence electrons. The molecule has 0 aliphatic carbocycles. The SMILES string of the molecule is Cc1cc(C)cc(NC(=O)CSc2nnc(CCC(=O)O)c(=O)[nH]2)c1. The quantitative estimate of drug-likeness (QED) is 0.638. The highest BCUT2D eigenvalue weighted by molar-refractivity contribution is 7.99. The number of hydrogen-bond donors (Lipinski definition) is 3. The van der Waals surface area contributed by atoms with Crippen molar-refractivity contribution in [1.29, 1.82) is 0 Å². The number of benzene rings is 1. The number of carbonyl (C=O) groups is 2. The summed E-state index contributed by atoms with van der Waals surface area (Å²) in [7, 11) is 0. The Morgan fingerprint density at radius 1 is 1.20 bits per heavy atom. The van der Waals surface area contributed by atoms with Crippen LogP contribution >= 0.6 is 11.8 Å². The summed E-state index contributed by atoms with van der Waals surface area (Å²) in [6.07, 6.45) is -0.182. The van der Waals surface area contributed by atoms with Crippen LogP contribution in [0.5, 0.6) is 0 Å². The Morgan fingerprint density at radius 3 is 2.48 bits per heavy atom. The second-order valence-corrected chi connectivity index (χ2v) is 6.48. The van der Waals surface area contributed by atoms with Crippen molar-refractivity contribution in [1.82, 2.24) is 15.2 Å². The maximum absolute atomic E-state index is 12.0. The Kier molecular flexibility index (Phi) is 6.29. The normalized spacial score (nSPS) is 10.5. The summed E-state index contributed by atoms with van der Waals surface area (Å²) in [5.41, 5.74) is 2.39. The number of H-pyrrole nitrogens is 1. The van der Waals surface area contributed by atoms with Gasteiger partial charge < -0.3 is 10.4 Å². The predicted molar refractivity (Wildman–Crippen MR) is 93.9 cm³/mol. The molecular weight excluding hydrogens is 344 g/mol. The van der Waals surface area contributed by atoms with Crippen LogP contribution in [0, 0.1) is 13.8 Å². The summed E-state index contributed by atoms with van der Waals surface area (Å²) < 4.78 is 0. The molecule has 8 nitrogen and oxygen atoms in total. The number of aromatic nitrogens is 3. The lowest BCUT2D eigenvalue weighted by atomic mass is 10.1. The van der Waals surface area contributed by atoms with Gasteiger partial charge in [0.15, 0.2) is 5.16 Å². The molecule has 3 N–H and O–H groups in total. The first-order valence-corrected chi connectivity index (χ1v) is 8.50. The molecule has 1 amide bonds. The lowest BCUT2D eigenvalue weighted by Crippen LogP contribution is -2.20. The molecule has 0 saturated heterocycles. The van der Waals surface area contributed by atoms with E-state index in [0.717, 1.165) is 22.9 Å². The number of aliphatic carboxylic acids is 1. The van der Waals surface area contributed by atoms with Crippen molar-refractivity contribution in [3.8, 4) is 0 Å². The molecule has 0 saturated carbocycles. The van der Waals surface area contributed by atoms with E-state index in [1.54, 1.807) is 0 Å². The molecule has 0 radical (unpaired) electrons. The van der Waals surface area contributed by atoms with E-state index in [2.05, 4.69) is 20.5 Å². The molecule has 9 heteroatoms. The van der Waals surface area contributed by atoms with Gasteiger partial charge in [0.1, 0.15) is 5.69 Å². The Morgan fingerprint density at radius 2 is 1.88 bits per heavy atom. The van der Waals surface area contributed by atoms with Crippen molar-refractivity contribution < 1.29 is 14.7 Å². The molecule has 0 fully saturated rings. The fourth-order valence-corrected chi connectivity index (χ4v) is 2.78. The Hall–Kier alpha value is -2.68. The van der Waals surface area contributed by atoms with E-state index in [0.29, 0.717) is 5.69 Å². The largest absolute Gasteiger partial charge is 0.481 e. The van der Waals surface area contributed by atoms with Gasteiger partial charge in [-0.15, -0.1) is 10.2 Å². The molecule has 1 aromatic carbocycles. The first kappa shape index (κ1) is 18.7. The van der Waals surface area contributed by atoms with Gasteiger partial charge in [-0.2, -0.15) is 0 Å². The van der Waals surface area contributed by atoms with Crippen molar-refractivity contribution in [2.45, 2.75) is 31.8 Å². The average Bonchev–Trinajstić information content (AvgIpc) is 2.50. The number of aryl methyl sites for hydroxylation is 3. The minimum atomic E-state index is -1.01. The van der Waals surface area contributed by atoms with Crippen LogP contribution in [0.15, 0.2) is 28.2 Å². The monoisotopic (exact) mass is 362 g/mol. The van der Waals surface area contributed by atoms with Gasteiger partial charge in [0.05, 0.1) is 12.2 Å². The van der Waals surface area contributed by atoms with Crippen molar-refractivity contribution in [3.05, 3.63) is 45.4 Å². The van der Waals surface area contributed by atoms with Crippen LogP contribution in [-0.2, 0) is 16.0 Å². The van der Waals surface area contributed by atoms with E-state index < -0.39 is 11.5 Å². The van der Waals surface area contributed by atoms with Crippen LogP contribution in [0.3, 0.4) is 0 Å². The van der Waals surface area contributed by atoms with Crippen LogP contribution in [0.1, 0.15) is 23.2 Å². The van der Waals surface area contributed by atoms with Gasteiger partial charge in [0.25, 0.3) is 5.56 Å². The molecule has 0 spiro atoms. The minimum absolute atomic E-state index is 0.00973. The maximum atomic E-state index is 12.0. The van der Waals surface area contributed by atoms with Gasteiger partial charge in [0, 0.05) is 12.1 Å². The van der Waals surface area contributed by atoms with Crippen LogP contribution < -0.4 is 10.9 Å². The lowest BCUT2D eigenvalue weighted by Gasteiger charge is -2.07. The topological polar surface area (TPSA) is 125 Å². The highest BCUT2D eigenvalue weighted by Crippen LogP contribution is 2.15. The van der Waals surface area contributed by atoms with Crippen LogP contribution in [0.4, 0.5) is 5.69 Å². The summed E-state index contributed by atoms with van der Waals surface area (Å²) in [5.74, 6) is -1.18. The van der Waals surface area contributed by atoms with Gasteiger partial charge in [-0.05, 0) is 37.1 Å². The lowest BCUT2D eigenvalue weighted by molar-refractivity contribution is -0.137. The molecule has 2 rings (SSSR count). The van der Waals surface area contributed by atoms with Gasteiger partial charge >= 0.3 is 5.97 Å². The fourth-order valence-electron chi connectivity index (χ4n) is 2.18. The number of amides is 1. The summed E-state index contributed by atoms with van der Waals surface area (Å²) in [6.45, 7) is 3.90. The van der Waals surface area contributed by atoms with Crippen LogP contribution in [-0.4, -0.2) is 37.9 Å². The number of carboxylic acid groups (broad SMARTS) is 1. The summed E-state index contributed by atoms with van der Waals surface area (Å²) >= 11 is 1.05. The molecule has 2 aromatic rings. The number of hydrogen-bond acceptors (Lipinski definition) is 6. The third-order valence-electron chi connectivity index (χ3n) is 3.17. The zero-order chi connectivity index (χ0) is 18.4. The highest BCUT2D eigenvalue weighted by Gasteiger charge is 2.10. The number of thioether (sulfide) groups is 1. The molecule has 0 atom stereocenters. The number of nitrogens with zero attached hydrogens (tertiary/aromatic N) is 2. The number of anilines is 1. The second kappa shape index (κ2) is 8.43. The number of nitrogens with one attached hydrogen (secondary N) is 2. The predicted octanol–water partition coefficient (Wildman–Crippen LogP) is 1.53. The van der Waals surface area contributed by atoms with E-state index in [-0.39, 0.29) is 35.4 Å². The van der Waals surface area contributed by atoms with Crippen molar-refractivity contribution in [2.24, 2.45) is 0 Å². The van der Waals surface area contributed by atoms with E-state index in [1.165, 1.54) is 0 Å². The number of carbonyl (C=O) groups excluding carboxylic acids is 1. The second-order valence-electron chi connectivity index (χ2n) is 5.51.